The van der Waals surface area contributed by atoms with E-state index in [2.05, 4.69) is 184 Å². The number of aliphatic hydroxyl groups is 1. The lowest BCUT2D eigenvalue weighted by Gasteiger charge is -2.15. The first kappa shape index (κ1) is 69.3. The predicted octanol–water partition coefficient (Wildman–Crippen LogP) is 20.5. The van der Waals surface area contributed by atoms with Gasteiger partial charge in [-0.1, -0.05) is 261 Å². The minimum Gasteiger partial charge on any atom is -0.462 e. The maximum atomic E-state index is 12.3. The Labute approximate surface area is 455 Å². The van der Waals surface area contributed by atoms with Crippen LogP contribution in [0.3, 0.4) is 0 Å². The van der Waals surface area contributed by atoms with Gasteiger partial charge in [0.1, 0.15) is 6.61 Å². The van der Waals surface area contributed by atoms with Crippen molar-refractivity contribution in [3.8, 4) is 0 Å². The molecule has 5 nitrogen and oxygen atoms in total. The molecule has 1 N–H and O–H groups in total. The van der Waals surface area contributed by atoms with Gasteiger partial charge in [0.05, 0.1) is 6.61 Å². The van der Waals surface area contributed by atoms with E-state index < -0.39 is 6.10 Å². The lowest BCUT2D eigenvalue weighted by molar-refractivity contribution is -0.161. The number of hydrogen-bond acceptors (Lipinski definition) is 5. The van der Waals surface area contributed by atoms with E-state index in [-0.39, 0.29) is 25.2 Å². The molecule has 0 aromatic heterocycles. The van der Waals surface area contributed by atoms with Crippen LogP contribution in [0.25, 0.3) is 0 Å². The fraction of sp³-hybridized carbons (Fsp3) is 0.565. The van der Waals surface area contributed by atoms with Gasteiger partial charge in [-0.2, -0.15) is 0 Å². The number of carbonyl (C=O) groups is 2. The summed E-state index contributed by atoms with van der Waals surface area (Å²) in [5.74, 6) is -0.651. The van der Waals surface area contributed by atoms with Crippen LogP contribution in [-0.2, 0) is 19.1 Å². The monoisotopic (exact) mass is 1020 g/mol. The van der Waals surface area contributed by atoms with Crippen LogP contribution in [0.5, 0.6) is 0 Å². The van der Waals surface area contributed by atoms with Crippen LogP contribution >= 0.6 is 0 Å². The molecule has 0 saturated heterocycles. The first-order valence-electron chi connectivity index (χ1n) is 29.7. The minimum absolute atomic E-state index is 0.0984. The van der Waals surface area contributed by atoms with Crippen LogP contribution in [0.4, 0.5) is 0 Å². The SMILES string of the molecule is CC/C=C\C/C=C\C/C=C\C/C=C\C/C=C\C/C=C\C/C=C\C/C=C\CCCCCCCCCCCCCCCCC(=O)OC(CO)COC(=O)CCCC/C=C\C/C=C\C/C=C\C/C=C\C/C=C\C/C=C\CC. The van der Waals surface area contributed by atoms with Crippen molar-refractivity contribution >= 4 is 11.9 Å². The zero-order valence-electron chi connectivity index (χ0n) is 47.3. The average molecular weight is 1020 g/mol. The quantitative estimate of drug-likeness (QED) is 0.0373. The molecule has 0 aliphatic carbocycles. The second-order valence-electron chi connectivity index (χ2n) is 19.0. The molecule has 0 spiro atoms. The molecule has 5 heteroatoms. The summed E-state index contributed by atoms with van der Waals surface area (Å²) in [4.78, 5) is 24.5. The molecular weight excluding hydrogens is 909 g/mol. The van der Waals surface area contributed by atoms with Gasteiger partial charge in [0, 0.05) is 12.8 Å². The summed E-state index contributed by atoms with van der Waals surface area (Å²) in [5.41, 5.74) is 0. The van der Waals surface area contributed by atoms with E-state index in [1.54, 1.807) is 0 Å². The molecular formula is C69H108O5. The van der Waals surface area contributed by atoms with E-state index in [0.717, 1.165) is 128 Å². The standard InChI is InChI=1S/C69H108O5/c1-3-5-7-9-11-13-15-17-19-21-23-25-26-27-28-29-30-31-32-33-34-35-36-37-38-39-40-41-42-44-46-48-50-52-54-56-58-60-62-64-69(72)74-67(65-70)66-73-68(71)63-61-59-57-55-53-51-49-47-45-43-24-22-20-18-16-14-12-10-8-6-4-2/h5-8,11-14,17-20,23-25,27-28,30-31,33-34,36-37,43,47,49,53,55,67,70H,3-4,9-10,15-16,21-22,26,29,32,35,38-42,44-46,48,50-52,54,56-66H2,1-2H3/b7-5-,8-6-,13-11-,14-12-,19-17-,20-18-,25-23-,28-27-,31-30-,34-33-,37-36-,43-24-,49-47-,55-53-. The molecule has 0 aromatic rings. The first-order valence-corrected chi connectivity index (χ1v) is 29.7. The Kier molecular flexibility index (Phi) is 58.5. The topological polar surface area (TPSA) is 72.8 Å². The molecule has 0 aromatic carbocycles. The molecule has 1 atom stereocenters. The first-order chi connectivity index (χ1) is 36.6. The maximum Gasteiger partial charge on any atom is 0.306 e. The molecule has 0 heterocycles. The van der Waals surface area contributed by atoms with Crippen LogP contribution < -0.4 is 0 Å². The van der Waals surface area contributed by atoms with E-state index in [4.69, 9.17) is 9.47 Å². The van der Waals surface area contributed by atoms with E-state index in [9.17, 15) is 14.7 Å². The number of aliphatic hydroxyl groups excluding tert-OH is 1. The summed E-state index contributed by atoms with van der Waals surface area (Å²) in [7, 11) is 0. The fourth-order valence-corrected chi connectivity index (χ4v) is 7.63. The molecule has 0 radical (unpaired) electrons. The number of rotatable bonds is 52. The Bertz CT molecular complexity index is 1670. The van der Waals surface area contributed by atoms with E-state index in [0.29, 0.717) is 12.8 Å². The Morgan fingerprint density at radius 2 is 0.541 bits per heavy atom. The number of allylic oxidation sites excluding steroid dienone is 28. The Morgan fingerprint density at radius 1 is 0.311 bits per heavy atom. The normalized spacial score (nSPS) is 13.5. The highest BCUT2D eigenvalue weighted by Gasteiger charge is 2.16. The average Bonchev–Trinajstić information content (AvgIpc) is 3.40. The van der Waals surface area contributed by atoms with E-state index in [1.165, 1.54) is 77.0 Å². The van der Waals surface area contributed by atoms with Gasteiger partial charge in [0.15, 0.2) is 6.10 Å². The number of hydrogen-bond donors (Lipinski definition) is 1. The maximum absolute atomic E-state index is 12.3. The van der Waals surface area contributed by atoms with Crippen LogP contribution in [0.15, 0.2) is 170 Å². The summed E-state index contributed by atoms with van der Waals surface area (Å²) < 4.78 is 10.7. The summed E-state index contributed by atoms with van der Waals surface area (Å²) >= 11 is 0. The van der Waals surface area contributed by atoms with Crippen LogP contribution in [0.1, 0.15) is 232 Å². The second-order valence-corrected chi connectivity index (χ2v) is 19.0. The third-order valence-electron chi connectivity index (χ3n) is 12.0. The second kappa shape index (κ2) is 62.6. The molecule has 0 aliphatic rings. The zero-order chi connectivity index (χ0) is 53.4. The summed E-state index contributed by atoms with van der Waals surface area (Å²) in [6.45, 7) is 3.87. The van der Waals surface area contributed by atoms with Crippen molar-refractivity contribution in [1.82, 2.24) is 0 Å². The van der Waals surface area contributed by atoms with Gasteiger partial charge in [0.25, 0.3) is 0 Å². The van der Waals surface area contributed by atoms with Crippen molar-refractivity contribution < 1.29 is 24.2 Å². The van der Waals surface area contributed by atoms with Gasteiger partial charge < -0.3 is 14.6 Å². The van der Waals surface area contributed by atoms with Crippen molar-refractivity contribution in [2.45, 2.75) is 238 Å². The number of unbranched alkanes of at least 4 members (excludes halogenated alkanes) is 16. The molecule has 0 amide bonds. The zero-order valence-corrected chi connectivity index (χ0v) is 47.3. The van der Waals surface area contributed by atoms with Gasteiger partial charge in [-0.05, 0) is 128 Å². The summed E-state index contributed by atoms with van der Waals surface area (Å²) in [5, 5.41) is 9.65. The Hall–Kier alpha value is -4.74. The van der Waals surface area contributed by atoms with Gasteiger partial charge in [-0.25, -0.2) is 0 Å². The number of carbonyl (C=O) groups excluding carboxylic acids is 2. The third-order valence-corrected chi connectivity index (χ3v) is 12.0. The molecule has 74 heavy (non-hydrogen) atoms. The van der Waals surface area contributed by atoms with Gasteiger partial charge in [-0.15, -0.1) is 0 Å². The highest BCUT2D eigenvalue weighted by atomic mass is 16.6. The lowest BCUT2D eigenvalue weighted by atomic mass is 10.0. The fourth-order valence-electron chi connectivity index (χ4n) is 7.63. The minimum atomic E-state index is -0.803. The third kappa shape index (κ3) is 59.8. The van der Waals surface area contributed by atoms with Crippen LogP contribution in [-0.4, -0.2) is 36.4 Å². The summed E-state index contributed by atoms with van der Waals surface area (Å²) in [6.07, 6.45) is 97.6. The highest BCUT2D eigenvalue weighted by Crippen LogP contribution is 2.15. The van der Waals surface area contributed by atoms with Crippen molar-refractivity contribution in [2.24, 2.45) is 0 Å². The molecule has 0 rings (SSSR count). The summed E-state index contributed by atoms with van der Waals surface area (Å²) in [6, 6.07) is 0. The van der Waals surface area contributed by atoms with Gasteiger partial charge in [0.2, 0.25) is 0 Å². The van der Waals surface area contributed by atoms with Crippen molar-refractivity contribution in [1.29, 1.82) is 0 Å². The number of esters is 2. The van der Waals surface area contributed by atoms with Gasteiger partial charge in [-0.3, -0.25) is 9.59 Å². The Morgan fingerprint density at radius 3 is 0.838 bits per heavy atom. The highest BCUT2D eigenvalue weighted by molar-refractivity contribution is 5.70. The molecule has 0 fully saturated rings. The smallest absolute Gasteiger partial charge is 0.306 e. The largest absolute Gasteiger partial charge is 0.462 e. The Balaban J connectivity index is 3.59. The molecule has 0 bridgehead atoms. The van der Waals surface area contributed by atoms with E-state index >= 15 is 0 Å². The molecule has 0 aliphatic heterocycles. The lowest BCUT2D eigenvalue weighted by Crippen LogP contribution is -2.28. The van der Waals surface area contributed by atoms with E-state index in [1.807, 2.05) is 0 Å². The number of ether oxygens (including phenoxy) is 2. The van der Waals surface area contributed by atoms with Crippen molar-refractivity contribution in [3.63, 3.8) is 0 Å². The van der Waals surface area contributed by atoms with Crippen molar-refractivity contribution in [3.05, 3.63) is 170 Å². The van der Waals surface area contributed by atoms with Crippen molar-refractivity contribution in [2.75, 3.05) is 13.2 Å². The molecule has 0 saturated carbocycles. The molecule has 414 valence electrons. The van der Waals surface area contributed by atoms with Gasteiger partial charge >= 0.3 is 11.9 Å². The van der Waals surface area contributed by atoms with Crippen LogP contribution in [0, 0.1) is 0 Å². The molecule has 1 unspecified atom stereocenters. The predicted molar refractivity (Wildman–Crippen MR) is 324 cm³/mol. The van der Waals surface area contributed by atoms with Crippen LogP contribution in [0.2, 0.25) is 0 Å².